The van der Waals surface area contributed by atoms with Gasteiger partial charge in [-0.1, -0.05) is 26.0 Å². The van der Waals surface area contributed by atoms with Crippen molar-refractivity contribution in [2.45, 2.75) is 50.9 Å². The molecule has 3 aliphatic rings. The predicted octanol–water partition coefficient (Wildman–Crippen LogP) is 5.44. The van der Waals surface area contributed by atoms with E-state index in [2.05, 4.69) is 19.1 Å². The Morgan fingerprint density at radius 2 is 2.03 bits per heavy atom. The topological polar surface area (TPSA) is 71.6 Å². The number of ketones is 1. The molecule has 0 amide bonds. The number of rotatable bonds is 3. The third kappa shape index (κ3) is 3.07. The van der Waals surface area contributed by atoms with Crippen molar-refractivity contribution in [3.8, 4) is 23.1 Å². The van der Waals surface area contributed by atoms with E-state index in [0.717, 1.165) is 35.5 Å². The lowest BCUT2D eigenvalue weighted by Gasteiger charge is -2.44. The fraction of sp³-hybridized carbons (Fsp3) is 0.357. The molecule has 0 aliphatic heterocycles. The van der Waals surface area contributed by atoms with Crippen LogP contribution in [0.4, 0.5) is 4.39 Å². The molecular weight excluding hydrogens is 427 g/mol. The fourth-order valence-electron chi connectivity index (χ4n) is 5.96. The van der Waals surface area contributed by atoms with Crippen LogP contribution in [-0.4, -0.2) is 20.3 Å². The van der Waals surface area contributed by atoms with Gasteiger partial charge in [0.05, 0.1) is 17.0 Å². The van der Waals surface area contributed by atoms with E-state index in [9.17, 15) is 14.4 Å². The van der Waals surface area contributed by atoms with E-state index >= 15 is 0 Å². The summed E-state index contributed by atoms with van der Waals surface area (Å²) in [6.07, 6.45) is 7.57. The predicted molar refractivity (Wildman–Crippen MR) is 126 cm³/mol. The average molecular weight is 453 g/mol. The Labute approximate surface area is 198 Å². The second-order valence-corrected chi connectivity index (χ2v) is 10.0. The van der Waals surface area contributed by atoms with Crippen molar-refractivity contribution < 1.29 is 9.18 Å². The maximum absolute atomic E-state index is 14.3. The lowest BCUT2D eigenvalue weighted by atomic mass is 9.58. The number of nitrogens with zero attached hydrogens (tertiary/aromatic N) is 4. The smallest absolute Gasteiger partial charge is 0.176 e. The van der Waals surface area contributed by atoms with Gasteiger partial charge in [0.2, 0.25) is 0 Å². The van der Waals surface area contributed by atoms with Crippen LogP contribution in [0, 0.1) is 29.0 Å². The van der Waals surface area contributed by atoms with Crippen LogP contribution in [0.15, 0.2) is 54.2 Å². The largest absolute Gasteiger partial charge is 0.296 e. The van der Waals surface area contributed by atoms with Crippen LogP contribution in [0.25, 0.3) is 17.1 Å². The third-order valence-electron chi connectivity index (χ3n) is 7.90. The van der Waals surface area contributed by atoms with Crippen molar-refractivity contribution in [3.63, 3.8) is 0 Å². The first-order chi connectivity index (χ1) is 16.4. The van der Waals surface area contributed by atoms with Gasteiger partial charge in [-0.15, -0.1) is 0 Å². The molecule has 3 atom stereocenters. The SMILES string of the molecule is C[C@H]1C(=O)C(C#N)=C[C@@]2(C)c3nc(-c4ccc(C5CC5)nc4)n(-c4cccc(F)c4)c3CC[C@H]12. The van der Waals surface area contributed by atoms with E-state index in [0.29, 0.717) is 17.4 Å². The molecule has 0 unspecified atom stereocenters. The lowest BCUT2D eigenvalue weighted by molar-refractivity contribution is -0.121. The summed E-state index contributed by atoms with van der Waals surface area (Å²) in [5, 5.41) is 9.64. The Hall–Kier alpha value is -3.59. The molecule has 0 N–H and O–H groups in total. The first kappa shape index (κ1) is 21.0. The number of allylic oxidation sites excluding steroid dienone is 2. The highest BCUT2D eigenvalue weighted by molar-refractivity contribution is 6.02. The zero-order valence-electron chi connectivity index (χ0n) is 19.3. The highest BCUT2D eigenvalue weighted by Gasteiger charge is 2.50. The molecule has 5 nitrogen and oxygen atoms in total. The summed E-state index contributed by atoms with van der Waals surface area (Å²) >= 11 is 0. The van der Waals surface area contributed by atoms with E-state index in [4.69, 9.17) is 9.97 Å². The maximum atomic E-state index is 14.3. The summed E-state index contributed by atoms with van der Waals surface area (Å²) < 4.78 is 16.3. The molecule has 170 valence electrons. The fourth-order valence-corrected chi connectivity index (χ4v) is 5.96. The molecule has 34 heavy (non-hydrogen) atoms. The molecule has 2 heterocycles. The molecular formula is C28H25FN4O. The molecule has 0 spiro atoms. The number of Topliss-reactive ketones (excluding diaryl/α,β-unsaturated/α-hetero) is 1. The summed E-state index contributed by atoms with van der Waals surface area (Å²) in [7, 11) is 0. The lowest BCUT2D eigenvalue weighted by Crippen LogP contribution is -2.45. The third-order valence-corrected chi connectivity index (χ3v) is 7.90. The Morgan fingerprint density at radius 3 is 2.71 bits per heavy atom. The summed E-state index contributed by atoms with van der Waals surface area (Å²) in [4.78, 5) is 22.6. The highest BCUT2D eigenvalue weighted by Crippen LogP contribution is 2.50. The van der Waals surface area contributed by atoms with E-state index in [1.165, 1.54) is 25.0 Å². The molecule has 0 radical (unpaired) electrons. The van der Waals surface area contributed by atoms with Gasteiger partial charge in [0.1, 0.15) is 17.7 Å². The van der Waals surface area contributed by atoms with Gasteiger partial charge in [0.15, 0.2) is 5.78 Å². The zero-order chi connectivity index (χ0) is 23.6. The van der Waals surface area contributed by atoms with Gasteiger partial charge in [-0.3, -0.25) is 14.3 Å². The van der Waals surface area contributed by atoms with Gasteiger partial charge in [-0.2, -0.15) is 5.26 Å². The van der Waals surface area contributed by atoms with E-state index in [1.54, 1.807) is 6.07 Å². The maximum Gasteiger partial charge on any atom is 0.176 e. The minimum Gasteiger partial charge on any atom is -0.296 e. The van der Waals surface area contributed by atoms with Crippen LogP contribution in [0.1, 0.15) is 56.1 Å². The second kappa shape index (κ2) is 7.46. The quantitative estimate of drug-likeness (QED) is 0.531. The van der Waals surface area contributed by atoms with Gasteiger partial charge in [0, 0.05) is 40.4 Å². The Bertz CT molecular complexity index is 1390. The molecule has 3 aromatic rings. The number of carbonyl (C=O) groups excluding carboxylic acids is 1. The van der Waals surface area contributed by atoms with Gasteiger partial charge in [-0.05, 0) is 61.9 Å². The normalized spacial score (nSPS) is 25.8. The molecule has 0 bridgehead atoms. The molecule has 2 aromatic heterocycles. The van der Waals surface area contributed by atoms with Crippen molar-refractivity contribution >= 4 is 5.78 Å². The molecule has 1 saturated carbocycles. The van der Waals surface area contributed by atoms with Crippen LogP contribution in [0.2, 0.25) is 0 Å². The number of benzene rings is 1. The standard InChI is InChI=1S/C28H25FN4O/c1-16-22-9-11-24-26(28(22,2)13-19(14-30)25(16)34)32-27(33(24)21-5-3-4-20(29)12-21)18-8-10-23(31-15-18)17-6-7-17/h3-5,8,10,12-13,15-17,22H,6-7,9,11H2,1-2H3/t16-,22-,28-/m1/s1. The Morgan fingerprint density at radius 1 is 1.21 bits per heavy atom. The van der Waals surface area contributed by atoms with Crippen LogP contribution < -0.4 is 0 Å². The summed E-state index contributed by atoms with van der Waals surface area (Å²) in [5.74, 6) is 0.683. The van der Waals surface area contributed by atoms with E-state index in [1.807, 2.05) is 35.9 Å². The molecule has 1 aromatic carbocycles. The molecule has 6 rings (SSSR count). The molecule has 6 heteroatoms. The number of carbonyl (C=O) groups is 1. The monoisotopic (exact) mass is 452 g/mol. The average Bonchev–Trinajstić information content (AvgIpc) is 3.61. The summed E-state index contributed by atoms with van der Waals surface area (Å²) in [6, 6.07) is 12.8. The van der Waals surface area contributed by atoms with Crippen molar-refractivity contribution in [3.05, 3.63) is 77.1 Å². The van der Waals surface area contributed by atoms with Crippen molar-refractivity contribution in [2.75, 3.05) is 0 Å². The van der Waals surface area contributed by atoms with Crippen LogP contribution in [0.5, 0.6) is 0 Å². The number of imidazole rings is 1. The number of halogens is 1. The number of pyridine rings is 1. The number of aromatic nitrogens is 3. The summed E-state index contributed by atoms with van der Waals surface area (Å²) in [6.45, 7) is 4.00. The molecule has 1 fully saturated rings. The summed E-state index contributed by atoms with van der Waals surface area (Å²) in [5.41, 5.74) is 4.19. The van der Waals surface area contributed by atoms with E-state index in [-0.39, 0.29) is 29.0 Å². The van der Waals surface area contributed by atoms with Crippen LogP contribution in [-0.2, 0) is 16.6 Å². The van der Waals surface area contributed by atoms with Gasteiger partial charge in [0.25, 0.3) is 0 Å². The van der Waals surface area contributed by atoms with Crippen molar-refractivity contribution in [1.82, 2.24) is 14.5 Å². The van der Waals surface area contributed by atoms with E-state index < -0.39 is 5.41 Å². The Kier molecular flexibility index (Phi) is 4.60. The van der Waals surface area contributed by atoms with Crippen molar-refractivity contribution in [1.29, 1.82) is 5.26 Å². The minimum absolute atomic E-state index is 0.0590. The van der Waals surface area contributed by atoms with Gasteiger partial charge < -0.3 is 0 Å². The first-order valence-corrected chi connectivity index (χ1v) is 11.9. The molecule has 3 aliphatic carbocycles. The number of nitriles is 1. The highest BCUT2D eigenvalue weighted by atomic mass is 19.1. The second-order valence-electron chi connectivity index (χ2n) is 10.0. The van der Waals surface area contributed by atoms with Crippen LogP contribution >= 0.6 is 0 Å². The number of hydrogen-bond acceptors (Lipinski definition) is 4. The minimum atomic E-state index is -0.555. The van der Waals surface area contributed by atoms with Crippen molar-refractivity contribution in [2.24, 2.45) is 11.8 Å². The van der Waals surface area contributed by atoms with Gasteiger partial charge in [-0.25, -0.2) is 9.37 Å². The van der Waals surface area contributed by atoms with Gasteiger partial charge >= 0.3 is 0 Å². The molecule has 0 saturated heterocycles. The number of fused-ring (bicyclic) bond motifs is 3. The Balaban J connectivity index is 1.58. The first-order valence-electron chi connectivity index (χ1n) is 11.9. The zero-order valence-corrected chi connectivity index (χ0v) is 19.3. The van der Waals surface area contributed by atoms with Crippen LogP contribution in [0.3, 0.4) is 0 Å². The number of hydrogen-bond donors (Lipinski definition) is 0.